The minimum Gasteiger partial charge on any atom is -0.378 e. The maximum absolute atomic E-state index is 6.06. The van der Waals surface area contributed by atoms with Crippen molar-refractivity contribution in [1.82, 2.24) is 9.97 Å². The third-order valence-corrected chi connectivity index (χ3v) is 4.41. The van der Waals surface area contributed by atoms with E-state index in [1.165, 1.54) is 0 Å². The summed E-state index contributed by atoms with van der Waals surface area (Å²) in [5, 5.41) is 1.24. The lowest BCUT2D eigenvalue weighted by atomic mass is 10.2. The van der Waals surface area contributed by atoms with Crippen LogP contribution in [-0.4, -0.2) is 17.1 Å². The molecule has 19 heavy (non-hydrogen) atoms. The van der Waals surface area contributed by atoms with Crippen LogP contribution in [0.4, 0.5) is 0 Å². The molecule has 0 unspecified atom stereocenters. The van der Waals surface area contributed by atoms with Crippen molar-refractivity contribution in [2.24, 2.45) is 0 Å². The molecule has 0 amide bonds. The monoisotopic (exact) mass is 380 g/mol. The lowest BCUT2D eigenvalue weighted by molar-refractivity contribution is 0.181. The van der Waals surface area contributed by atoms with Gasteiger partial charge in [0.1, 0.15) is 5.15 Å². The van der Waals surface area contributed by atoms with Gasteiger partial charge in [0.2, 0.25) is 0 Å². The summed E-state index contributed by atoms with van der Waals surface area (Å²) in [4.78, 5) is 8.60. The first kappa shape index (κ1) is 15.0. The van der Waals surface area contributed by atoms with E-state index in [1.807, 2.05) is 0 Å². The molecular formula is C12H8BrCl3N2O. The summed E-state index contributed by atoms with van der Waals surface area (Å²) in [7, 11) is 1.58. The molecule has 0 N–H and O–H groups in total. The van der Waals surface area contributed by atoms with Gasteiger partial charge < -0.3 is 4.74 Å². The lowest BCUT2D eigenvalue weighted by Crippen LogP contribution is -2.00. The fraction of sp³-hybridized carbons (Fsp3) is 0.167. The number of hydrogen-bond donors (Lipinski definition) is 0. The van der Waals surface area contributed by atoms with E-state index in [0.717, 1.165) is 5.56 Å². The van der Waals surface area contributed by atoms with Crippen LogP contribution in [0.15, 0.2) is 22.7 Å². The van der Waals surface area contributed by atoms with Crippen molar-refractivity contribution in [2.45, 2.75) is 6.61 Å². The highest BCUT2D eigenvalue weighted by Crippen LogP contribution is 2.30. The molecular weight excluding hydrogens is 374 g/mol. The quantitative estimate of drug-likeness (QED) is 0.700. The van der Waals surface area contributed by atoms with E-state index < -0.39 is 0 Å². The van der Waals surface area contributed by atoms with E-state index in [1.54, 1.807) is 25.3 Å². The molecule has 1 heterocycles. The molecule has 0 spiro atoms. The zero-order chi connectivity index (χ0) is 14.0. The number of aromatic nitrogens is 2. The number of hydrogen-bond acceptors (Lipinski definition) is 3. The fourth-order valence-corrected chi connectivity index (χ4v) is 2.24. The van der Waals surface area contributed by atoms with E-state index in [2.05, 4.69) is 25.9 Å². The second-order valence-electron chi connectivity index (χ2n) is 3.66. The molecule has 0 aliphatic carbocycles. The third kappa shape index (κ3) is 3.38. The van der Waals surface area contributed by atoms with Gasteiger partial charge in [-0.25, -0.2) is 9.97 Å². The summed E-state index contributed by atoms with van der Waals surface area (Å²) in [5.41, 5.74) is 1.41. The van der Waals surface area contributed by atoms with Crippen LogP contribution in [0.3, 0.4) is 0 Å². The Hall–Kier alpha value is -0.390. The van der Waals surface area contributed by atoms with E-state index in [4.69, 9.17) is 39.5 Å². The van der Waals surface area contributed by atoms with Crippen LogP contribution in [0, 0.1) is 0 Å². The first-order valence-electron chi connectivity index (χ1n) is 5.19. The largest absolute Gasteiger partial charge is 0.378 e. The number of benzene rings is 1. The molecule has 0 aliphatic rings. The zero-order valence-corrected chi connectivity index (χ0v) is 13.6. The minimum absolute atomic E-state index is 0.322. The predicted octanol–water partition coefficient (Wildman–Crippen LogP) is 5.01. The second-order valence-corrected chi connectivity index (χ2v) is 5.63. The molecule has 1 aromatic heterocycles. The summed E-state index contributed by atoms with van der Waals surface area (Å²) in [6.45, 7) is 0.331. The molecule has 0 fully saturated rings. The van der Waals surface area contributed by atoms with Crippen LogP contribution in [0.25, 0.3) is 11.4 Å². The highest BCUT2D eigenvalue weighted by Gasteiger charge is 2.12. The molecule has 100 valence electrons. The summed E-state index contributed by atoms with van der Waals surface area (Å²) in [6, 6.07) is 5.17. The molecule has 2 aromatic rings. The Balaban J connectivity index is 2.52. The SMILES string of the molecule is COCc1nc(-c2ccc(Cl)c(Cl)c2)nc(Cl)c1Br. The standard InChI is InChI=1S/C12H8BrCl3N2O/c1-19-5-9-10(13)11(16)18-12(17-9)6-2-3-7(14)8(15)4-6/h2-4H,5H2,1H3. The normalized spacial score (nSPS) is 10.8. The average Bonchev–Trinajstić information content (AvgIpc) is 2.38. The summed E-state index contributed by atoms with van der Waals surface area (Å²) >= 11 is 21.3. The summed E-state index contributed by atoms with van der Waals surface area (Å²) in [6.07, 6.45) is 0. The van der Waals surface area contributed by atoms with Gasteiger partial charge in [-0.1, -0.05) is 34.8 Å². The molecule has 0 aliphatic heterocycles. The van der Waals surface area contributed by atoms with E-state index >= 15 is 0 Å². The van der Waals surface area contributed by atoms with E-state index in [9.17, 15) is 0 Å². The number of methoxy groups -OCH3 is 1. The molecule has 0 radical (unpaired) electrons. The molecule has 0 saturated carbocycles. The number of halogens is 4. The van der Waals surface area contributed by atoms with E-state index in [-0.39, 0.29) is 0 Å². The van der Waals surface area contributed by atoms with E-state index in [0.29, 0.717) is 37.8 Å². The maximum atomic E-state index is 6.06. The van der Waals surface area contributed by atoms with Gasteiger partial charge in [-0.2, -0.15) is 0 Å². The zero-order valence-electron chi connectivity index (χ0n) is 9.75. The van der Waals surface area contributed by atoms with Crippen molar-refractivity contribution >= 4 is 50.7 Å². The topological polar surface area (TPSA) is 35.0 Å². The van der Waals surface area contributed by atoms with Crippen LogP contribution in [0.5, 0.6) is 0 Å². The number of ether oxygens (including phenoxy) is 1. The Labute approximate surface area is 134 Å². The van der Waals surface area contributed by atoms with Gasteiger partial charge in [0.05, 0.1) is 26.8 Å². The van der Waals surface area contributed by atoms with Crippen molar-refractivity contribution in [3.63, 3.8) is 0 Å². The van der Waals surface area contributed by atoms with Crippen molar-refractivity contribution in [1.29, 1.82) is 0 Å². The Morgan fingerprint density at radius 3 is 2.53 bits per heavy atom. The van der Waals surface area contributed by atoms with Gasteiger partial charge >= 0.3 is 0 Å². The Bertz CT molecular complexity index is 622. The van der Waals surface area contributed by atoms with Crippen LogP contribution in [0.2, 0.25) is 15.2 Å². The van der Waals surface area contributed by atoms with Gasteiger partial charge in [-0.3, -0.25) is 0 Å². The van der Waals surface area contributed by atoms with Crippen molar-refractivity contribution in [2.75, 3.05) is 7.11 Å². The highest BCUT2D eigenvalue weighted by molar-refractivity contribution is 9.10. The number of nitrogens with zero attached hydrogens (tertiary/aromatic N) is 2. The van der Waals surface area contributed by atoms with Crippen LogP contribution >= 0.6 is 50.7 Å². The molecule has 0 saturated heterocycles. The van der Waals surface area contributed by atoms with Crippen LogP contribution < -0.4 is 0 Å². The van der Waals surface area contributed by atoms with Gasteiger partial charge in [-0.05, 0) is 34.1 Å². The minimum atomic E-state index is 0.322. The molecule has 0 bridgehead atoms. The molecule has 1 aromatic carbocycles. The molecule has 2 rings (SSSR count). The highest BCUT2D eigenvalue weighted by atomic mass is 79.9. The van der Waals surface area contributed by atoms with Crippen LogP contribution in [0.1, 0.15) is 5.69 Å². The molecule has 7 heteroatoms. The van der Waals surface area contributed by atoms with Crippen LogP contribution in [-0.2, 0) is 11.3 Å². The van der Waals surface area contributed by atoms with Crippen molar-refractivity contribution < 1.29 is 4.74 Å². The third-order valence-electron chi connectivity index (χ3n) is 2.34. The first-order valence-corrected chi connectivity index (χ1v) is 7.12. The second kappa shape index (κ2) is 6.37. The predicted molar refractivity (Wildman–Crippen MR) is 80.9 cm³/mol. The Morgan fingerprint density at radius 2 is 1.89 bits per heavy atom. The Morgan fingerprint density at radius 1 is 1.16 bits per heavy atom. The van der Waals surface area contributed by atoms with Gasteiger partial charge in [0.15, 0.2) is 5.82 Å². The Kier molecular flexibility index (Phi) is 5.03. The molecule has 3 nitrogen and oxygen atoms in total. The molecule has 0 atom stereocenters. The van der Waals surface area contributed by atoms with Crippen molar-refractivity contribution in [3.05, 3.63) is 43.6 Å². The maximum Gasteiger partial charge on any atom is 0.161 e. The summed E-state index contributed by atoms with van der Waals surface area (Å²) < 4.78 is 5.70. The van der Waals surface area contributed by atoms with Crippen molar-refractivity contribution in [3.8, 4) is 11.4 Å². The fourth-order valence-electron chi connectivity index (χ4n) is 1.46. The lowest BCUT2D eigenvalue weighted by Gasteiger charge is -2.08. The number of rotatable bonds is 3. The summed E-state index contributed by atoms with van der Waals surface area (Å²) in [5.74, 6) is 0.471. The van der Waals surface area contributed by atoms with Gasteiger partial charge in [0.25, 0.3) is 0 Å². The average molecular weight is 382 g/mol. The van der Waals surface area contributed by atoms with Gasteiger partial charge in [0, 0.05) is 12.7 Å². The van der Waals surface area contributed by atoms with Gasteiger partial charge in [-0.15, -0.1) is 0 Å². The first-order chi connectivity index (χ1) is 9.02. The smallest absolute Gasteiger partial charge is 0.161 e.